The Balaban J connectivity index is 4.67. The molecular weight excluding hydrogens is 156 g/mol. The number of carboxylic acids is 1. The van der Waals surface area contributed by atoms with Crippen molar-refractivity contribution in [2.75, 3.05) is 0 Å². The van der Waals surface area contributed by atoms with Crippen LogP contribution in [0.3, 0.4) is 0 Å². The molecule has 0 radical (unpaired) electrons. The largest absolute Gasteiger partial charge is 0.478 e. The summed E-state index contributed by atoms with van der Waals surface area (Å²) >= 11 is 0. The van der Waals surface area contributed by atoms with Crippen molar-refractivity contribution < 1.29 is 15.0 Å². The number of aliphatic hydroxyl groups excluding tert-OH is 1. The van der Waals surface area contributed by atoms with E-state index in [9.17, 15) is 9.90 Å². The number of rotatable bonds is 3. The SMILES string of the molecule is CC(=CC(=O)O)C(C)(C)C(C)O. The molecule has 0 aromatic carbocycles. The topological polar surface area (TPSA) is 57.5 Å². The molecule has 2 N–H and O–H groups in total. The van der Waals surface area contributed by atoms with Crippen molar-refractivity contribution in [2.24, 2.45) is 5.41 Å². The van der Waals surface area contributed by atoms with Crippen LogP contribution in [0.5, 0.6) is 0 Å². The lowest BCUT2D eigenvalue weighted by molar-refractivity contribution is -0.131. The number of aliphatic hydroxyl groups is 1. The van der Waals surface area contributed by atoms with Gasteiger partial charge in [-0.1, -0.05) is 19.4 Å². The second-order valence-electron chi connectivity index (χ2n) is 3.56. The normalized spacial score (nSPS) is 15.9. The van der Waals surface area contributed by atoms with E-state index >= 15 is 0 Å². The van der Waals surface area contributed by atoms with Crippen molar-refractivity contribution in [3.63, 3.8) is 0 Å². The monoisotopic (exact) mass is 172 g/mol. The predicted molar refractivity (Wildman–Crippen MR) is 46.9 cm³/mol. The van der Waals surface area contributed by atoms with Crippen molar-refractivity contribution >= 4 is 5.97 Å². The van der Waals surface area contributed by atoms with Crippen LogP contribution in [0.2, 0.25) is 0 Å². The average Bonchev–Trinajstić information content (AvgIpc) is 1.85. The smallest absolute Gasteiger partial charge is 0.328 e. The molecule has 3 heteroatoms. The van der Waals surface area contributed by atoms with Gasteiger partial charge in [-0.3, -0.25) is 0 Å². The van der Waals surface area contributed by atoms with Crippen LogP contribution < -0.4 is 0 Å². The maximum Gasteiger partial charge on any atom is 0.328 e. The van der Waals surface area contributed by atoms with Crippen LogP contribution in [0.4, 0.5) is 0 Å². The van der Waals surface area contributed by atoms with Gasteiger partial charge in [0.1, 0.15) is 0 Å². The van der Waals surface area contributed by atoms with Crippen LogP contribution >= 0.6 is 0 Å². The second-order valence-corrected chi connectivity index (χ2v) is 3.56. The summed E-state index contributed by atoms with van der Waals surface area (Å²) in [7, 11) is 0. The summed E-state index contributed by atoms with van der Waals surface area (Å²) < 4.78 is 0. The minimum Gasteiger partial charge on any atom is -0.478 e. The molecule has 1 unspecified atom stereocenters. The Morgan fingerprint density at radius 1 is 1.50 bits per heavy atom. The Hall–Kier alpha value is -0.830. The molecule has 0 spiro atoms. The van der Waals surface area contributed by atoms with Crippen LogP contribution in [0.15, 0.2) is 11.6 Å². The van der Waals surface area contributed by atoms with Gasteiger partial charge in [0, 0.05) is 11.5 Å². The Bertz CT molecular complexity index is 202. The fraction of sp³-hybridized carbons (Fsp3) is 0.667. The Labute approximate surface area is 72.7 Å². The van der Waals surface area contributed by atoms with Crippen molar-refractivity contribution in [3.8, 4) is 0 Å². The van der Waals surface area contributed by atoms with Crippen molar-refractivity contribution in [3.05, 3.63) is 11.6 Å². The van der Waals surface area contributed by atoms with Gasteiger partial charge >= 0.3 is 5.97 Å². The van der Waals surface area contributed by atoms with Crippen LogP contribution in [0, 0.1) is 5.41 Å². The molecule has 0 fully saturated rings. The number of carbonyl (C=O) groups is 1. The van der Waals surface area contributed by atoms with E-state index in [0.29, 0.717) is 5.57 Å². The number of hydrogen-bond acceptors (Lipinski definition) is 2. The zero-order chi connectivity index (χ0) is 9.94. The molecular formula is C9H16O3. The molecule has 0 aromatic heterocycles. The lowest BCUT2D eigenvalue weighted by Crippen LogP contribution is -2.27. The summed E-state index contributed by atoms with van der Waals surface area (Å²) in [6, 6.07) is 0. The maximum absolute atomic E-state index is 10.3. The molecule has 0 aliphatic rings. The third kappa shape index (κ3) is 2.66. The highest BCUT2D eigenvalue weighted by Gasteiger charge is 2.26. The summed E-state index contributed by atoms with van der Waals surface area (Å²) in [6.07, 6.45) is 0.584. The summed E-state index contributed by atoms with van der Waals surface area (Å²) in [4.78, 5) is 10.3. The van der Waals surface area contributed by atoms with Gasteiger partial charge in [0.2, 0.25) is 0 Å². The minimum absolute atomic E-state index is 0.474. The summed E-state index contributed by atoms with van der Waals surface area (Å²) in [6.45, 7) is 6.99. The highest BCUT2D eigenvalue weighted by molar-refractivity contribution is 5.80. The van der Waals surface area contributed by atoms with E-state index in [0.717, 1.165) is 6.08 Å². The fourth-order valence-electron chi connectivity index (χ4n) is 0.701. The third-order valence-electron chi connectivity index (χ3n) is 2.40. The van der Waals surface area contributed by atoms with Crippen molar-refractivity contribution in [1.82, 2.24) is 0 Å². The quantitative estimate of drug-likeness (QED) is 0.633. The zero-order valence-corrected chi connectivity index (χ0v) is 7.96. The number of carboxylic acid groups (broad SMARTS) is 1. The van der Waals surface area contributed by atoms with E-state index in [-0.39, 0.29) is 0 Å². The van der Waals surface area contributed by atoms with Gasteiger partial charge in [0.15, 0.2) is 0 Å². The van der Waals surface area contributed by atoms with Gasteiger partial charge in [0.25, 0.3) is 0 Å². The second kappa shape index (κ2) is 3.72. The fourth-order valence-corrected chi connectivity index (χ4v) is 0.701. The van der Waals surface area contributed by atoms with E-state index in [2.05, 4.69) is 0 Å². The van der Waals surface area contributed by atoms with E-state index in [1.54, 1.807) is 13.8 Å². The molecule has 0 heterocycles. The molecule has 1 atom stereocenters. The van der Waals surface area contributed by atoms with Crippen molar-refractivity contribution in [2.45, 2.75) is 33.8 Å². The van der Waals surface area contributed by atoms with Gasteiger partial charge in [-0.15, -0.1) is 0 Å². The first-order chi connectivity index (χ1) is 5.28. The van der Waals surface area contributed by atoms with Gasteiger partial charge in [0.05, 0.1) is 6.10 Å². The zero-order valence-electron chi connectivity index (χ0n) is 7.96. The Morgan fingerprint density at radius 3 is 2.17 bits per heavy atom. The maximum atomic E-state index is 10.3. The van der Waals surface area contributed by atoms with E-state index < -0.39 is 17.5 Å². The van der Waals surface area contributed by atoms with Gasteiger partial charge < -0.3 is 10.2 Å². The lowest BCUT2D eigenvalue weighted by atomic mass is 9.80. The summed E-state index contributed by atoms with van der Waals surface area (Å²) in [5.74, 6) is -0.971. The Morgan fingerprint density at radius 2 is 1.92 bits per heavy atom. The van der Waals surface area contributed by atoms with E-state index in [1.165, 1.54) is 0 Å². The molecule has 0 bridgehead atoms. The molecule has 12 heavy (non-hydrogen) atoms. The van der Waals surface area contributed by atoms with E-state index in [1.807, 2.05) is 13.8 Å². The van der Waals surface area contributed by atoms with Crippen LogP contribution in [0.25, 0.3) is 0 Å². The van der Waals surface area contributed by atoms with Gasteiger partial charge in [-0.05, 0) is 13.8 Å². The minimum atomic E-state index is -0.971. The number of aliphatic carboxylic acids is 1. The first-order valence-corrected chi connectivity index (χ1v) is 3.88. The van der Waals surface area contributed by atoms with Crippen LogP contribution in [-0.2, 0) is 4.79 Å². The van der Waals surface area contributed by atoms with Gasteiger partial charge in [-0.25, -0.2) is 4.79 Å². The van der Waals surface area contributed by atoms with E-state index in [4.69, 9.17) is 5.11 Å². The molecule has 0 saturated heterocycles. The molecule has 0 saturated carbocycles. The molecule has 3 nitrogen and oxygen atoms in total. The first-order valence-electron chi connectivity index (χ1n) is 3.88. The first kappa shape index (κ1) is 11.2. The van der Waals surface area contributed by atoms with Gasteiger partial charge in [-0.2, -0.15) is 0 Å². The summed E-state index contributed by atoms with van der Waals surface area (Å²) in [5.41, 5.74) is 0.197. The summed E-state index contributed by atoms with van der Waals surface area (Å²) in [5, 5.41) is 17.8. The van der Waals surface area contributed by atoms with Crippen LogP contribution in [0.1, 0.15) is 27.7 Å². The highest BCUT2D eigenvalue weighted by atomic mass is 16.4. The molecule has 70 valence electrons. The highest BCUT2D eigenvalue weighted by Crippen LogP contribution is 2.29. The molecule has 0 aliphatic heterocycles. The van der Waals surface area contributed by atoms with Crippen LogP contribution in [-0.4, -0.2) is 22.3 Å². The Kier molecular flexibility index (Phi) is 3.46. The average molecular weight is 172 g/mol. The third-order valence-corrected chi connectivity index (χ3v) is 2.40. The standard InChI is InChI=1S/C9H16O3/c1-6(5-8(11)12)9(3,4)7(2)10/h5,7,10H,1-4H3,(H,11,12). The predicted octanol–water partition coefficient (Wildman–Crippen LogP) is 1.42. The molecule has 0 rings (SSSR count). The van der Waals surface area contributed by atoms with Crippen molar-refractivity contribution in [1.29, 1.82) is 0 Å². The number of hydrogen-bond donors (Lipinski definition) is 2. The molecule has 0 amide bonds. The molecule has 0 aromatic rings. The lowest BCUT2D eigenvalue weighted by Gasteiger charge is -2.28. The molecule has 0 aliphatic carbocycles.